The molecule has 2 aromatic carbocycles. The van der Waals surface area contributed by atoms with Crippen molar-refractivity contribution in [1.29, 1.82) is 0 Å². The summed E-state index contributed by atoms with van der Waals surface area (Å²) < 4.78 is 17.5. The number of hydrogen-bond acceptors (Lipinski definition) is 7. The van der Waals surface area contributed by atoms with Crippen LogP contribution in [0.5, 0.6) is 17.2 Å². The first-order chi connectivity index (χ1) is 17.7. The summed E-state index contributed by atoms with van der Waals surface area (Å²) >= 11 is 0. The Labute approximate surface area is 218 Å². The Kier molecular flexibility index (Phi) is 8.07. The van der Waals surface area contributed by atoms with E-state index in [1.807, 2.05) is 51.9 Å². The van der Waals surface area contributed by atoms with Crippen LogP contribution < -0.4 is 14.2 Å². The van der Waals surface area contributed by atoms with Crippen molar-refractivity contribution in [3.63, 3.8) is 0 Å². The average Bonchev–Trinajstić information content (AvgIpc) is 3.36. The Morgan fingerprint density at radius 3 is 2.59 bits per heavy atom. The molecule has 0 spiro atoms. The molecular weight excluding hydrogens is 472 g/mol. The van der Waals surface area contributed by atoms with Crippen LogP contribution in [0.15, 0.2) is 42.0 Å². The van der Waals surface area contributed by atoms with Crippen LogP contribution in [0.2, 0.25) is 0 Å². The second-order valence-corrected chi connectivity index (χ2v) is 9.74. The van der Waals surface area contributed by atoms with E-state index in [1.54, 1.807) is 24.3 Å². The molecule has 37 heavy (non-hydrogen) atoms. The summed E-state index contributed by atoms with van der Waals surface area (Å²) in [7, 11) is 3.82. The molecule has 2 aromatic rings. The molecule has 0 radical (unpaired) electrons. The quantitative estimate of drug-likeness (QED) is 0.293. The first-order valence-corrected chi connectivity index (χ1v) is 12.9. The van der Waals surface area contributed by atoms with Gasteiger partial charge in [-0.15, -0.1) is 0 Å². The summed E-state index contributed by atoms with van der Waals surface area (Å²) in [6, 6.07) is 10.0. The third-order valence-corrected chi connectivity index (χ3v) is 6.54. The summed E-state index contributed by atoms with van der Waals surface area (Å²) in [5.74, 6) is 0.394. The normalized spacial score (nSPS) is 20.3. The van der Waals surface area contributed by atoms with Crippen molar-refractivity contribution in [3.05, 3.63) is 58.7 Å². The van der Waals surface area contributed by atoms with Gasteiger partial charge in [0.1, 0.15) is 17.6 Å². The standard InChI is InChI=1S/C29H36N2O6/c1-6-14-36-23-11-8-19(17-24(23)35-7-2)26-25(28(33)29(34)31(26)13-12-30(4)5)27(32)20-9-10-22-21(16-20)15-18(3)37-22/h8-11,16-18,26,32H,6-7,12-15H2,1-5H3/t18-,26+/m1/s1. The number of hydrogen-bond donors (Lipinski definition) is 1. The number of aliphatic hydroxyl groups is 1. The van der Waals surface area contributed by atoms with Crippen molar-refractivity contribution in [2.45, 2.75) is 45.8 Å². The number of ether oxygens (including phenoxy) is 3. The van der Waals surface area contributed by atoms with E-state index >= 15 is 0 Å². The van der Waals surface area contributed by atoms with Crippen LogP contribution >= 0.6 is 0 Å². The minimum Gasteiger partial charge on any atom is -0.507 e. The fourth-order valence-electron chi connectivity index (χ4n) is 4.78. The molecule has 0 saturated carbocycles. The predicted octanol–water partition coefficient (Wildman–Crippen LogP) is 4.18. The molecule has 2 atom stereocenters. The summed E-state index contributed by atoms with van der Waals surface area (Å²) in [5, 5.41) is 11.4. The van der Waals surface area contributed by atoms with Gasteiger partial charge in [-0.05, 0) is 75.8 Å². The van der Waals surface area contributed by atoms with E-state index in [9.17, 15) is 14.7 Å². The van der Waals surface area contributed by atoms with Gasteiger partial charge in [-0.1, -0.05) is 13.0 Å². The van der Waals surface area contributed by atoms with Crippen LogP contribution in [0.25, 0.3) is 5.76 Å². The smallest absolute Gasteiger partial charge is 0.295 e. The number of ketones is 1. The monoisotopic (exact) mass is 508 g/mol. The van der Waals surface area contributed by atoms with Crippen LogP contribution in [0.1, 0.15) is 49.9 Å². The number of carbonyl (C=O) groups excluding carboxylic acids is 2. The summed E-state index contributed by atoms with van der Waals surface area (Å²) in [5.41, 5.74) is 2.19. The van der Waals surface area contributed by atoms with Crippen molar-refractivity contribution in [2.75, 3.05) is 40.4 Å². The molecule has 2 heterocycles. The van der Waals surface area contributed by atoms with Gasteiger partial charge in [0, 0.05) is 25.1 Å². The fraction of sp³-hybridized carbons (Fsp3) is 0.448. The molecule has 8 heteroatoms. The van der Waals surface area contributed by atoms with Gasteiger partial charge in [-0.2, -0.15) is 0 Å². The van der Waals surface area contributed by atoms with Crippen LogP contribution in [0.4, 0.5) is 0 Å². The molecule has 0 aromatic heterocycles. The zero-order chi connectivity index (χ0) is 26.7. The lowest BCUT2D eigenvalue weighted by atomic mass is 9.94. The van der Waals surface area contributed by atoms with Gasteiger partial charge in [-0.25, -0.2) is 0 Å². The average molecular weight is 509 g/mol. The lowest BCUT2D eigenvalue weighted by Crippen LogP contribution is -2.35. The minimum atomic E-state index is -0.761. The van der Waals surface area contributed by atoms with E-state index in [0.29, 0.717) is 55.4 Å². The van der Waals surface area contributed by atoms with Gasteiger partial charge in [0.25, 0.3) is 11.7 Å². The zero-order valence-electron chi connectivity index (χ0n) is 22.2. The Morgan fingerprint density at radius 2 is 1.89 bits per heavy atom. The lowest BCUT2D eigenvalue weighted by Gasteiger charge is -2.27. The van der Waals surface area contributed by atoms with Gasteiger partial charge in [0.05, 0.1) is 24.8 Å². The van der Waals surface area contributed by atoms with Crippen molar-refractivity contribution in [3.8, 4) is 17.2 Å². The van der Waals surface area contributed by atoms with Crippen molar-refractivity contribution in [1.82, 2.24) is 9.80 Å². The molecule has 0 aliphatic carbocycles. The van der Waals surface area contributed by atoms with Crippen LogP contribution in [-0.4, -0.2) is 73.1 Å². The number of benzene rings is 2. The second-order valence-electron chi connectivity index (χ2n) is 9.74. The highest BCUT2D eigenvalue weighted by Gasteiger charge is 2.46. The summed E-state index contributed by atoms with van der Waals surface area (Å²) in [6.45, 7) is 7.76. The molecule has 1 fully saturated rings. The Bertz CT molecular complexity index is 1200. The molecule has 0 bridgehead atoms. The van der Waals surface area contributed by atoms with Gasteiger partial charge in [-0.3, -0.25) is 9.59 Å². The van der Waals surface area contributed by atoms with Crippen molar-refractivity contribution >= 4 is 17.4 Å². The molecule has 1 saturated heterocycles. The molecule has 2 aliphatic rings. The van der Waals surface area contributed by atoms with E-state index in [1.165, 1.54) is 4.90 Å². The van der Waals surface area contributed by atoms with E-state index in [0.717, 1.165) is 17.7 Å². The highest BCUT2D eigenvalue weighted by atomic mass is 16.5. The Balaban J connectivity index is 1.82. The molecule has 2 aliphatic heterocycles. The van der Waals surface area contributed by atoms with Gasteiger partial charge in [0.15, 0.2) is 11.5 Å². The Hall–Kier alpha value is -3.52. The Morgan fingerprint density at radius 1 is 1.11 bits per heavy atom. The van der Waals surface area contributed by atoms with Crippen LogP contribution in [0, 0.1) is 0 Å². The number of carbonyl (C=O) groups is 2. The first kappa shape index (κ1) is 26.5. The topological polar surface area (TPSA) is 88.5 Å². The first-order valence-electron chi connectivity index (χ1n) is 12.9. The molecule has 8 nitrogen and oxygen atoms in total. The molecule has 0 unspecified atom stereocenters. The lowest BCUT2D eigenvalue weighted by molar-refractivity contribution is -0.140. The van der Waals surface area contributed by atoms with Crippen LogP contribution in [0.3, 0.4) is 0 Å². The number of fused-ring (bicyclic) bond motifs is 1. The van der Waals surface area contributed by atoms with Gasteiger partial charge in [0.2, 0.25) is 0 Å². The molecule has 4 rings (SSSR count). The van der Waals surface area contributed by atoms with Gasteiger partial charge >= 0.3 is 0 Å². The number of likely N-dealkylation sites (tertiary alicyclic amines) is 1. The maximum absolute atomic E-state index is 13.4. The SMILES string of the molecule is CCCOc1ccc([C@H]2C(=C(O)c3ccc4c(c3)C[C@@H](C)O4)C(=O)C(=O)N2CCN(C)C)cc1OCC. The third-order valence-electron chi connectivity index (χ3n) is 6.54. The molecule has 198 valence electrons. The number of rotatable bonds is 10. The van der Waals surface area contributed by atoms with E-state index < -0.39 is 17.7 Å². The van der Waals surface area contributed by atoms with Crippen LogP contribution in [-0.2, 0) is 16.0 Å². The van der Waals surface area contributed by atoms with E-state index in [2.05, 4.69) is 0 Å². The summed E-state index contributed by atoms with van der Waals surface area (Å²) in [4.78, 5) is 30.1. The minimum absolute atomic E-state index is 0.0504. The maximum Gasteiger partial charge on any atom is 0.295 e. The highest BCUT2D eigenvalue weighted by molar-refractivity contribution is 6.46. The third kappa shape index (κ3) is 5.44. The second kappa shape index (κ2) is 11.3. The number of Topliss-reactive ketones (excluding diaryl/α,β-unsaturated/α-hetero) is 1. The van der Waals surface area contributed by atoms with Crippen molar-refractivity contribution in [2.24, 2.45) is 0 Å². The molecule has 1 amide bonds. The number of likely N-dealkylation sites (N-methyl/N-ethyl adjacent to an activating group) is 1. The molecular formula is C29H36N2O6. The van der Waals surface area contributed by atoms with Crippen molar-refractivity contribution < 1.29 is 28.9 Å². The summed E-state index contributed by atoms with van der Waals surface area (Å²) in [6.07, 6.45) is 1.62. The largest absolute Gasteiger partial charge is 0.507 e. The molecule has 1 N–H and O–H groups in total. The maximum atomic E-state index is 13.4. The number of aliphatic hydroxyl groups excluding tert-OH is 1. The number of nitrogens with zero attached hydrogens (tertiary/aromatic N) is 2. The number of amides is 1. The van der Waals surface area contributed by atoms with E-state index in [-0.39, 0.29) is 17.4 Å². The fourth-order valence-corrected chi connectivity index (χ4v) is 4.78. The highest BCUT2D eigenvalue weighted by Crippen LogP contribution is 2.42. The van der Waals surface area contributed by atoms with E-state index in [4.69, 9.17) is 14.2 Å². The predicted molar refractivity (Wildman–Crippen MR) is 141 cm³/mol. The zero-order valence-corrected chi connectivity index (χ0v) is 22.2. The van der Waals surface area contributed by atoms with Gasteiger partial charge < -0.3 is 29.1 Å².